The number of nitrogens with zero attached hydrogens (tertiary/aromatic N) is 1. The van der Waals surface area contributed by atoms with Crippen LogP contribution in [0.3, 0.4) is 0 Å². The fourth-order valence-corrected chi connectivity index (χ4v) is 1.52. The van der Waals surface area contributed by atoms with Gasteiger partial charge in [-0.2, -0.15) is 5.26 Å². The normalized spacial score (nSPS) is 12.1. The molecule has 0 amide bonds. The monoisotopic (exact) mass is 189 g/mol. The van der Waals surface area contributed by atoms with Crippen molar-refractivity contribution in [3.05, 3.63) is 34.9 Å². The van der Waals surface area contributed by atoms with E-state index in [-0.39, 0.29) is 6.10 Å². The maximum Gasteiger partial charge on any atom is 0.0998 e. The first-order valence-electron chi connectivity index (χ1n) is 4.82. The zero-order valence-corrected chi connectivity index (χ0v) is 8.87. The average Bonchev–Trinajstić information content (AvgIpc) is 2.17. The fraction of sp³-hybridized carbons (Fsp3) is 0.417. The zero-order chi connectivity index (χ0) is 10.6. The molecule has 0 heterocycles. The first kappa shape index (κ1) is 10.7. The van der Waals surface area contributed by atoms with Crippen molar-refractivity contribution in [3.63, 3.8) is 0 Å². The number of hydrogen-bond donors (Lipinski definition) is 0. The van der Waals surface area contributed by atoms with Crippen LogP contribution in [-0.4, -0.2) is 6.61 Å². The van der Waals surface area contributed by atoms with Crippen molar-refractivity contribution in [1.29, 1.82) is 5.26 Å². The second-order valence-electron chi connectivity index (χ2n) is 3.25. The Morgan fingerprint density at radius 3 is 2.79 bits per heavy atom. The summed E-state index contributed by atoms with van der Waals surface area (Å²) >= 11 is 0. The molecule has 1 rings (SSSR count). The van der Waals surface area contributed by atoms with Crippen molar-refractivity contribution in [3.8, 4) is 6.07 Å². The van der Waals surface area contributed by atoms with Crippen LogP contribution < -0.4 is 0 Å². The van der Waals surface area contributed by atoms with E-state index in [1.165, 1.54) is 0 Å². The standard InChI is InChI=1S/C12H15NO/c1-4-14-10(3)11-7-5-6-9(2)12(11)8-13/h5-7,10H,4H2,1-3H3. The van der Waals surface area contributed by atoms with Crippen LogP contribution in [0, 0.1) is 18.3 Å². The molecule has 14 heavy (non-hydrogen) atoms. The summed E-state index contributed by atoms with van der Waals surface area (Å²) in [5, 5.41) is 9.01. The molecule has 0 radical (unpaired) electrons. The van der Waals surface area contributed by atoms with Crippen LogP contribution in [-0.2, 0) is 4.74 Å². The maximum absolute atomic E-state index is 9.01. The third kappa shape index (κ3) is 2.12. The lowest BCUT2D eigenvalue weighted by atomic mass is 9.99. The van der Waals surface area contributed by atoms with E-state index in [4.69, 9.17) is 10.00 Å². The van der Waals surface area contributed by atoms with E-state index in [0.29, 0.717) is 6.61 Å². The molecule has 1 aromatic carbocycles. The molecular weight excluding hydrogens is 174 g/mol. The second kappa shape index (κ2) is 4.78. The van der Waals surface area contributed by atoms with Crippen molar-refractivity contribution < 1.29 is 4.74 Å². The smallest absolute Gasteiger partial charge is 0.0998 e. The van der Waals surface area contributed by atoms with Crippen LogP contribution in [0.15, 0.2) is 18.2 Å². The lowest BCUT2D eigenvalue weighted by molar-refractivity contribution is 0.0762. The second-order valence-corrected chi connectivity index (χ2v) is 3.25. The van der Waals surface area contributed by atoms with E-state index in [9.17, 15) is 0 Å². The third-order valence-electron chi connectivity index (χ3n) is 2.27. The molecule has 1 atom stereocenters. The van der Waals surface area contributed by atoms with Gasteiger partial charge in [0.2, 0.25) is 0 Å². The highest BCUT2D eigenvalue weighted by atomic mass is 16.5. The number of benzene rings is 1. The fourth-order valence-electron chi connectivity index (χ4n) is 1.52. The number of nitriles is 1. The zero-order valence-electron chi connectivity index (χ0n) is 8.87. The number of hydrogen-bond acceptors (Lipinski definition) is 2. The first-order chi connectivity index (χ1) is 6.70. The minimum atomic E-state index is -0.00505. The molecule has 74 valence electrons. The van der Waals surface area contributed by atoms with Crippen LogP contribution in [0.2, 0.25) is 0 Å². The highest BCUT2D eigenvalue weighted by Gasteiger charge is 2.11. The number of ether oxygens (including phenoxy) is 1. The topological polar surface area (TPSA) is 33.0 Å². The number of rotatable bonds is 3. The Hall–Kier alpha value is -1.33. The molecule has 0 spiro atoms. The van der Waals surface area contributed by atoms with Gasteiger partial charge in [0.1, 0.15) is 0 Å². The minimum Gasteiger partial charge on any atom is -0.374 e. The van der Waals surface area contributed by atoms with Crippen LogP contribution in [0.5, 0.6) is 0 Å². The van der Waals surface area contributed by atoms with Gasteiger partial charge in [0, 0.05) is 6.61 Å². The predicted octanol–water partition coefficient (Wildman–Crippen LogP) is 2.96. The molecular formula is C12H15NO. The molecule has 0 bridgehead atoms. The van der Waals surface area contributed by atoms with Crippen molar-refractivity contribution in [2.45, 2.75) is 26.9 Å². The van der Waals surface area contributed by atoms with Crippen molar-refractivity contribution >= 4 is 0 Å². The van der Waals surface area contributed by atoms with E-state index >= 15 is 0 Å². The van der Waals surface area contributed by atoms with Crippen molar-refractivity contribution in [2.75, 3.05) is 6.61 Å². The van der Waals surface area contributed by atoms with E-state index in [0.717, 1.165) is 16.7 Å². The van der Waals surface area contributed by atoms with E-state index in [1.807, 2.05) is 39.0 Å². The van der Waals surface area contributed by atoms with Gasteiger partial charge >= 0.3 is 0 Å². The Morgan fingerprint density at radius 1 is 1.50 bits per heavy atom. The van der Waals surface area contributed by atoms with E-state index in [2.05, 4.69) is 6.07 Å². The maximum atomic E-state index is 9.01. The van der Waals surface area contributed by atoms with Gasteiger partial charge in [-0.15, -0.1) is 0 Å². The quantitative estimate of drug-likeness (QED) is 0.732. The summed E-state index contributed by atoms with van der Waals surface area (Å²) in [6.45, 7) is 6.54. The Morgan fingerprint density at radius 2 is 2.21 bits per heavy atom. The highest BCUT2D eigenvalue weighted by molar-refractivity contribution is 5.44. The van der Waals surface area contributed by atoms with E-state index < -0.39 is 0 Å². The lowest BCUT2D eigenvalue weighted by Gasteiger charge is -2.14. The minimum absolute atomic E-state index is 0.00505. The predicted molar refractivity (Wildman–Crippen MR) is 55.9 cm³/mol. The Bertz CT molecular complexity index is 352. The van der Waals surface area contributed by atoms with Gasteiger partial charge in [0.15, 0.2) is 0 Å². The Kier molecular flexibility index (Phi) is 3.67. The molecule has 0 aliphatic heterocycles. The number of aryl methyl sites for hydroxylation is 1. The third-order valence-corrected chi connectivity index (χ3v) is 2.27. The SMILES string of the molecule is CCOC(C)c1cccc(C)c1C#N. The molecule has 0 saturated carbocycles. The molecule has 2 heteroatoms. The molecule has 0 saturated heterocycles. The van der Waals surface area contributed by atoms with Gasteiger partial charge < -0.3 is 4.74 Å². The largest absolute Gasteiger partial charge is 0.374 e. The van der Waals surface area contributed by atoms with Crippen LogP contribution in [0.25, 0.3) is 0 Å². The van der Waals surface area contributed by atoms with Crippen LogP contribution in [0.1, 0.15) is 36.6 Å². The Balaban J connectivity index is 3.08. The van der Waals surface area contributed by atoms with Crippen molar-refractivity contribution in [1.82, 2.24) is 0 Å². The molecule has 0 aromatic heterocycles. The summed E-state index contributed by atoms with van der Waals surface area (Å²) in [5.74, 6) is 0. The van der Waals surface area contributed by atoms with Gasteiger partial charge in [-0.3, -0.25) is 0 Å². The van der Waals surface area contributed by atoms with Crippen LogP contribution >= 0.6 is 0 Å². The lowest BCUT2D eigenvalue weighted by Crippen LogP contribution is -2.03. The molecule has 1 aromatic rings. The summed E-state index contributed by atoms with van der Waals surface area (Å²) in [7, 11) is 0. The molecule has 0 fully saturated rings. The molecule has 2 nitrogen and oxygen atoms in total. The summed E-state index contributed by atoms with van der Waals surface area (Å²) in [4.78, 5) is 0. The molecule has 0 aliphatic rings. The average molecular weight is 189 g/mol. The van der Waals surface area contributed by atoms with Gasteiger partial charge in [-0.1, -0.05) is 18.2 Å². The summed E-state index contributed by atoms with van der Waals surface area (Å²) in [6.07, 6.45) is -0.00505. The highest BCUT2D eigenvalue weighted by Crippen LogP contribution is 2.22. The van der Waals surface area contributed by atoms with Crippen molar-refractivity contribution in [2.24, 2.45) is 0 Å². The molecule has 0 aliphatic carbocycles. The van der Waals surface area contributed by atoms with E-state index in [1.54, 1.807) is 0 Å². The first-order valence-corrected chi connectivity index (χ1v) is 4.82. The molecule has 0 N–H and O–H groups in total. The Labute approximate surface area is 85.1 Å². The summed E-state index contributed by atoms with van der Waals surface area (Å²) in [5.41, 5.74) is 2.74. The van der Waals surface area contributed by atoms with Gasteiger partial charge in [-0.25, -0.2) is 0 Å². The molecule has 1 unspecified atom stereocenters. The van der Waals surface area contributed by atoms with Gasteiger partial charge in [-0.05, 0) is 31.9 Å². The summed E-state index contributed by atoms with van der Waals surface area (Å²) < 4.78 is 5.47. The summed E-state index contributed by atoms with van der Waals surface area (Å²) in [6, 6.07) is 8.08. The van der Waals surface area contributed by atoms with Crippen LogP contribution in [0.4, 0.5) is 0 Å². The van der Waals surface area contributed by atoms with Gasteiger partial charge in [0.25, 0.3) is 0 Å². The van der Waals surface area contributed by atoms with Gasteiger partial charge in [0.05, 0.1) is 17.7 Å².